The monoisotopic (exact) mass is 473 g/mol. The first kappa shape index (κ1) is 23.5. The first-order valence-corrected chi connectivity index (χ1v) is 11.6. The van der Waals surface area contributed by atoms with Crippen molar-refractivity contribution in [2.45, 2.75) is 65.5 Å². The lowest BCUT2D eigenvalue weighted by molar-refractivity contribution is 0.423. The van der Waals surface area contributed by atoms with E-state index in [1.807, 2.05) is 39.5 Å². The lowest BCUT2D eigenvalue weighted by atomic mass is 10.0. The van der Waals surface area contributed by atoms with Crippen molar-refractivity contribution in [1.29, 1.82) is 0 Å². The van der Waals surface area contributed by atoms with Gasteiger partial charge in [0.05, 0.1) is 22.5 Å². The number of nitrogens with one attached hydrogen (secondary N) is 1. The maximum absolute atomic E-state index is 14.7. The molecular weight excluding hydrogens is 445 g/mol. The summed E-state index contributed by atoms with van der Waals surface area (Å²) in [5, 5.41) is 3.53. The third-order valence-corrected chi connectivity index (χ3v) is 6.26. The van der Waals surface area contributed by atoms with E-state index in [4.69, 9.17) is 11.6 Å². The van der Waals surface area contributed by atoms with Gasteiger partial charge in [0.25, 0.3) is 0 Å². The van der Waals surface area contributed by atoms with Gasteiger partial charge < -0.3 is 10.2 Å². The predicted octanol–water partition coefficient (Wildman–Crippen LogP) is 3.80. The van der Waals surface area contributed by atoms with E-state index in [0.29, 0.717) is 34.8 Å². The molecule has 0 radical (unpaired) electrons. The number of hydrogen-bond acceptors (Lipinski definition) is 7. The van der Waals surface area contributed by atoms with Crippen molar-refractivity contribution in [2.75, 3.05) is 18.0 Å². The highest BCUT2D eigenvalue weighted by Crippen LogP contribution is 2.33. The third kappa shape index (κ3) is 4.19. The molecule has 1 fully saturated rings. The number of pyridine rings is 1. The molecule has 1 aliphatic heterocycles. The summed E-state index contributed by atoms with van der Waals surface area (Å²) in [5.74, 6) is -0.242. The standard InChI is InChI=1S/C23H29ClFN7O/c1-11(2)17-19(18(12(3)4)28-10-27-17)32-22-15(7-16(25)20(24)29-22)21(30-23(32)33)31-9-13(5)26-8-14(31)6/h7,10-14,26H,8-9H2,1-6H3/t13-,14+/m1/s1. The summed E-state index contributed by atoms with van der Waals surface area (Å²) in [4.78, 5) is 33.4. The minimum absolute atomic E-state index is 0.00656. The van der Waals surface area contributed by atoms with Crippen LogP contribution >= 0.6 is 11.6 Å². The Kier molecular flexibility index (Phi) is 6.37. The molecule has 0 bridgehead atoms. The van der Waals surface area contributed by atoms with Crippen molar-refractivity contribution in [3.05, 3.63) is 45.2 Å². The molecule has 0 aromatic carbocycles. The van der Waals surface area contributed by atoms with Gasteiger partial charge >= 0.3 is 5.69 Å². The maximum atomic E-state index is 14.7. The Bertz CT molecular complexity index is 1230. The molecule has 2 atom stereocenters. The van der Waals surface area contributed by atoms with Crippen LogP contribution in [0, 0.1) is 5.82 Å². The van der Waals surface area contributed by atoms with E-state index in [0.717, 1.165) is 6.54 Å². The minimum atomic E-state index is -0.661. The second-order valence-corrected chi connectivity index (χ2v) is 9.66. The Morgan fingerprint density at radius 2 is 1.76 bits per heavy atom. The van der Waals surface area contributed by atoms with Crippen LogP contribution in [0.15, 0.2) is 17.2 Å². The van der Waals surface area contributed by atoms with Gasteiger partial charge in [-0.1, -0.05) is 39.3 Å². The van der Waals surface area contributed by atoms with Crippen LogP contribution < -0.4 is 15.9 Å². The van der Waals surface area contributed by atoms with E-state index in [9.17, 15) is 9.18 Å². The van der Waals surface area contributed by atoms with Gasteiger partial charge in [0.15, 0.2) is 16.6 Å². The van der Waals surface area contributed by atoms with Gasteiger partial charge in [0.2, 0.25) is 0 Å². The zero-order valence-corrected chi connectivity index (χ0v) is 20.5. The number of hydrogen-bond donors (Lipinski definition) is 1. The molecule has 0 amide bonds. The number of halogens is 2. The Hall–Kier alpha value is -2.65. The number of piperazine rings is 1. The molecule has 0 unspecified atom stereocenters. The smallest absolute Gasteiger partial charge is 0.350 e. The van der Waals surface area contributed by atoms with Crippen LogP contribution in [0.3, 0.4) is 0 Å². The molecule has 4 heterocycles. The average Bonchev–Trinajstić information content (AvgIpc) is 2.75. The molecule has 3 aromatic rings. The second kappa shape index (κ2) is 8.95. The van der Waals surface area contributed by atoms with Crippen molar-refractivity contribution < 1.29 is 4.39 Å². The van der Waals surface area contributed by atoms with Crippen LogP contribution in [0.2, 0.25) is 5.15 Å². The van der Waals surface area contributed by atoms with Gasteiger partial charge in [0.1, 0.15) is 12.1 Å². The number of nitrogens with zero attached hydrogens (tertiary/aromatic N) is 6. The molecule has 176 valence electrons. The first-order chi connectivity index (χ1) is 15.6. The summed E-state index contributed by atoms with van der Waals surface area (Å²) in [6.07, 6.45) is 1.51. The van der Waals surface area contributed by atoms with Crippen LogP contribution in [0.4, 0.5) is 10.2 Å². The zero-order chi connectivity index (χ0) is 24.0. The fourth-order valence-electron chi connectivity index (χ4n) is 4.30. The summed E-state index contributed by atoms with van der Waals surface area (Å²) in [6.45, 7) is 13.4. The normalized spacial score (nSPS) is 19.2. The predicted molar refractivity (Wildman–Crippen MR) is 128 cm³/mol. The largest absolute Gasteiger partial charge is 0.355 e. The van der Waals surface area contributed by atoms with E-state index in [-0.39, 0.29) is 34.7 Å². The summed E-state index contributed by atoms with van der Waals surface area (Å²) >= 11 is 6.12. The zero-order valence-electron chi connectivity index (χ0n) is 19.7. The highest BCUT2D eigenvalue weighted by atomic mass is 35.5. The number of rotatable bonds is 4. The van der Waals surface area contributed by atoms with Crippen molar-refractivity contribution in [3.63, 3.8) is 0 Å². The molecule has 4 rings (SSSR count). The summed E-state index contributed by atoms with van der Waals surface area (Å²) in [5.41, 5.74) is 1.64. The van der Waals surface area contributed by atoms with Crippen LogP contribution in [-0.2, 0) is 0 Å². The van der Waals surface area contributed by atoms with Gasteiger partial charge in [-0.15, -0.1) is 0 Å². The molecule has 33 heavy (non-hydrogen) atoms. The fourth-order valence-corrected chi connectivity index (χ4v) is 4.44. The number of anilines is 1. The first-order valence-electron chi connectivity index (χ1n) is 11.2. The molecule has 8 nitrogen and oxygen atoms in total. The SMILES string of the molecule is CC(C)c1ncnc(C(C)C)c1-n1c(=O)nc(N2C[C@@H](C)NC[C@@H]2C)c2cc(F)c(Cl)nc21. The number of fused-ring (bicyclic) bond motifs is 1. The average molecular weight is 474 g/mol. The Labute approximate surface area is 197 Å². The number of aromatic nitrogens is 5. The van der Waals surface area contributed by atoms with Gasteiger partial charge in [-0.2, -0.15) is 4.98 Å². The summed E-state index contributed by atoms with van der Waals surface area (Å²) in [6, 6.07) is 1.56. The van der Waals surface area contributed by atoms with Gasteiger partial charge in [-0.25, -0.2) is 28.7 Å². The second-order valence-electron chi connectivity index (χ2n) is 9.30. The Morgan fingerprint density at radius 1 is 1.12 bits per heavy atom. The molecule has 0 spiro atoms. The lowest BCUT2D eigenvalue weighted by Gasteiger charge is -2.38. The van der Waals surface area contributed by atoms with Gasteiger partial charge in [0, 0.05) is 25.2 Å². The molecule has 1 aliphatic rings. The van der Waals surface area contributed by atoms with Crippen LogP contribution in [0.5, 0.6) is 0 Å². The van der Waals surface area contributed by atoms with Crippen LogP contribution in [-0.4, -0.2) is 49.7 Å². The van der Waals surface area contributed by atoms with Gasteiger partial charge in [-0.05, 0) is 31.7 Å². The van der Waals surface area contributed by atoms with E-state index in [1.165, 1.54) is 17.0 Å². The maximum Gasteiger partial charge on any atom is 0.355 e. The van der Waals surface area contributed by atoms with Crippen molar-refractivity contribution in [1.82, 2.24) is 29.8 Å². The Balaban J connectivity index is 2.11. The fraction of sp³-hybridized carbons (Fsp3) is 0.522. The topological polar surface area (TPSA) is 88.8 Å². The van der Waals surface area contributed by atoms with E-state index in [2.05, 4.69) is 32.2 Å². The quantitative estimate of drug-likeness (QED) is 0.576. The third-order valence-electron chi connectivity index (χ3n) is 5.99. The molecule has 0 saturated carbocycles. The van der Waals surface area contributed by atoms with Crippen molar-refractivity contribution >= 4 is 28.5 Å². The summed E-state index contributed by atoms with van der Waals surface area (Å²) < 4.78 is 16.0. The highest BCUT2D eigenvalue weighted by Gasteiger charge is 2.29. The van der Waals surface area contributed by atoms with E-state index >= 15 is 0 Å². The minimum Gasteiger partial charge on any atom is -0.350 e. The molecule has 10 heteroatoms. The Morgan fingerprint density at radius 3 is 2.36 bits per heavy atom. The lowest BCUT2D eigenvalue weighted by Crippen LogP contribution is -2.55. The molecule has 1 saturated heterocycles. The molecule has 1 N–H and O–H groups in total. The molecule has 3 aromatic heterocycles. The molecule has 0 aliphatic carbocycles. The summed E-state index contributed by atoms with van der Waals surface area (Å²) in [7, 11) is 0. The molecular formula is C23H29ClFN7O. The van der Waals surface area contributed by atoms with E-state index < -0.39 is 11.5 Å². The van der Waals surface area contributed by atoms with Crippen LogP contribution in [0.25, 0.3) is 16.7 Å². The van der Waals surface area contributed by atoms with Crippen LogP contribution in [0.1, 0.15) is 64.8 Å². The highest BCUT2D eigenvalue weighted by molar-refractivity contribution is 6.30. The van der Waals surface area contributed by atoms with E-state index in [1.54, 1.807) is 0 Å². The van der Waals surface area contributed by atoms with Crippen molar-refractivity contribution in [3.8, 4) is 5.69 Å². The van der Waals surface area contributed by atoms with Crippen molar-refractivity contribution in [2.24, 2.45) is 0 Å². The van der Waals surface area contributed by atoms with Gasteiger partial charge in [-0.3, -0.25) is 0 Å².